The van der Waals surface area contributed by atoms with E-state index in [1.807, 2.05) is 37.3 Å². The number of hydrogen-bond donors (Lipinski definition) is 1. The van der Waals surface area contributed by atoms with Gasteiger partial charge < -0.3 is 14.8 Å². The highest BCUT2D eigenvalue weighted by Crippen LogP contribution is 2.26. The highest BCUT2D eigenvalue weighted by atomic mass is 32.2. The molecule has 0 saturated carbocycles. The van der Waals surface area contributed by atoms with Crippen molar-refractivity contribution in [2.45, 2.75) is 11.8 Å². The van der Waals surface area contributed by atoms with E-state index in [4.69, 9.17) is 9.47 Å². The lowest BCUT2D eigenvalue weighted by Crippen LogP contribution is -2.38. The summed E-state index contributed by atoms with van der Waals surface area (Å²) in [4.78, 5) is 13.0. The SMILES string of the molecule is CCOc1ccc(S(=O)(=O)N(CC(=O)Nc2ccc(Oc3ccccc3)cc2)c2ccccc2)cc1. The number of sulfonamides is 1. The van der Waals surface area contributed by atoms with E-state index in [0.29, 0.717) is 35.2 Å². The van der Waals surface area contributed by atoms with Crippen LogP contribution in [0.15, 0.2) is 114 Å². The van der Waals surface area contributed by atoms with Gasteiger partial charge in [0.15, 0.2) is 0 Å². The Balaban J connectivity index is 1.50. The van der Waals surface area contributed by atoms with E-state index in [1.165, 1.54) is 12.1 Å². The number of benzene rings is 4. The van der Waals surface area contributed by atoms with Crippen LogP contribution in [-0.4, -0.2) is 27.5 Å². The van der Waals surface area contributed by atoms with E-state index in [2.05, 4.69) is 5.32 Å². The summed E-state index contributed by atoms with van der Waals surface area (Å²) in [7, 11) is -4.02. The Kier molecular flexibility index (Phi) is 7.87. The van der Waals surface area contributed by atoms with Gasteiger partial charge in [0.2, 0.25) is 5.91 Å². The number of carbonyl (C=O) groups is 1. The number of nitrogens with one attached hydrogen (secondary N) is 1. The number of ether oxygens (including phenoxy) is 2. The molecule has 4 aromatic carbocycles. The van der Waals surface area contributed by atoms with Gasteiger partial charge in [0.25, 0.3) is 10.0 Å². The Bertz CT molecular complexity index is 1380. The first-order valence-corrected chi connectivity index (χ1v) is 12.8. The van der Waals surface area contributed by atoms with Crippen molar-refractivity contribution in [3.05, 3.63) is 109 Å². The number of hydrogen-bond acceptors (Lipinski definition) is 5. The first-order chi connectivity index (χ1) is 17.5. The summed E-state index contributed by atoms with van der Waals surface area (Å²) in [6, 6.07) is 30.9. The summed E-state index contributed by atoms with van der Waals surface area (Å²) >= 11 is 0. The van der Waals surface area contributed by atoms with Crippen LogP contribution in [0.1, 0.15) is 6.92 Å². The maximum atomic E-state index is 13.5. The van der Waals surface area contributed by atoms with Crippen LogP contribution in [0.2, 0.25) is 0 Å². The monoisotopic (exact) mass is 502 g/mol. The molecule has 8 heteroatoms. The lowest BCUT2D eigenvalue weighted by atomic mass is 10.3. The normalized spacial score (nSPS) is 10.9. The summed E-state index contributed by atoms with van der Waals surface area (Å²) in [5, 5.41) is 2.76. The highest BCUT2D eigenvalue weighted by Gasteiger charge is 2.27. The molecule has 0 aromatic heterocycles. The van der Waals surface area contributed by atoms with E-state index in [9.17, 15) is 13.2 Å². The van der Waals surface area contributed by atoms with Crippen LogP contribution in [0.25, 0.3) is 0 Å². The smallest absolute Gasteiger partial charge is 0.264 e. The highest BCUT2D eigenvalue weighted by molar-refractivity contribution is 7.92. The molecule has 0 aliphatic heterocycles. The Morgan fingerprint density at radius 2 is 1.31 bits per heavy atom. The van der Waals surface area contributed by atoms with E-state index < -0.39 is 22.5 Å². The molecule has 0 aliphatic carbocycles. The molecule has 7 nitrogen and oxygen atoms in total. The predicted octanol–water partition coefficient (Wildman–Crippen LogP) is 5.71. The molecule has 0 saturated heterocycles. The maximum absolute atomic E-state index is 13.5. The third-order valence-corrected chi connectivity index (χ3v) is 6.96. The van der Waals surface area contributed by atoms with Gasteiger partial charge in [-0.2, -0.15) is 0 Å². The number of carbonyl (C=O) groups excluding carboxylic acids is 1. The van der Waals surface area contributed by atoms with Crippen LogP contribution in [0.5, 0.6) is 17.2 Å². The fourth-order valence-electron chi connectivity index (χ4n) is 3.47. The fourth-order valence-corrected chi connectivity index (χ4v) is 4.89. The molecule has 0 unspecified atom stereocenters. The van der Waals surface area contributed by atoms with Crippen LogP contribution in [0.4, 0.5) is 11.4 Å². The number of anilines is 2. The Morgan fingerprint density at radius 3 is 1.92 bits per heavy atom. The van der Waals surface area contributed by atoms with Crippen molar-refractivity contribution < 1.29 is 22.7 Å². The summed E-state index contributed by atoms with van der Waals surface area (Å²) < 4.78 is 39.3. The van der Waals surface area contributed by atoms with E-state index >= 15 is 0 Å². The number of para-hydroxylation sites is 2. The molecule has 1 N–H and O–H groups in total. The molecular formula is C28H26N2O5S. The van der Waals surface area contributed by atoms with Gasteiger partial charge >= 0.3 is 0 Å². The van der Waals surface area contributed by atoms with Crippen molar-refractivity contribution >= 4 is 27.3 Å². The summed E-state index contributed by atoms with van der Waals surface area (Å²) in [6.07, 6.45) is 0. The predicted molar refractivity (Wildman–Crippen MR) is 140 cm³/mol. The lowest BCUT2D eigenvalue weighted by molar-refractivity contribution is -0.114. The third kappa shape index (κ3) is 6.22. The second kappa shape index (κ2) is 11.4. The van der Waals surface area contributed by atoms with Crippen molar-refractivity contribution in [1.82, 2.24) is 0 Å². The van der Waals surface area contributed by atoms with Crippen LogP contribution in [0, 0.1) is 0 Å². The van der Waals surface area contributed by atoms with Gasteiger partial charge in [0.05, 0.1) is 17.2 Å². The molecule has 0 radical (unpaired) electrons. The molecule has 0 aliphatic rings. The Labute approximate surface area is 211 Å². The molecule has 0 heterocycles. The zero-order chi connectivity index (χ0) is 25.4. The van der Waals surface area contributed by atoms with E-state index in [0.717, 1.165) is 4.31 Å². The van der Waals surface area contributed by atoms with Crippen LogP contribution in [-0.2, 0) is 14.8 Å². The third-order valence-electron chi connectivity index (χ3n) is 5.17. The molecule has 0 atom stereocenters. The largest absolute Gasteiger partial charge is 0.494 e. The molecule has 0 bridgehead atoms. The molecular weight excluding hydrogens is 476 g/mol. The summed E-state index contributed by atoms with van der Waals surface area (Å²) in [5.41, 5.74) is 0.903. The Hall–Kier alpha value is -4.30. The average Bonchev–Trinajstić information content (AvgIpc) is 2.90. The number of rotatable bonds is 10. The fraction of sp³-hybridized carbons (Fsp3) is 0.107. The number of nitrogens with zero attached hydrogens (tertiary/aromatic N) is 1. The van der Waals surface area contributed by atoms with Gasteiger partial charge in [-0.25, -0.2) is 8.42 Å². The van der Waals surface area contributed by atoms with E-state index in [-0.39, 0.29) is 4.90 Å². The van der Waals surface area contributed by atoms with Crippen LogP contribution < -0.4 is 19.1 Å². The molecule has 36 heavy (non-hydrogen) atoms. The first kappa shape index (κ1) is 24.8. The quantitative estimate of drug-likeness (QED) is 0.300. The number of amides is 1. The van der Waals surface area contributed by atoms with Gasteiger partial charge in [-0.1, -0.05) is 36.4 Å². The lowest BCUT2D eigenvalue weighted by Gasteiger charge is -2.24. The van der Waals surface area contributed by atoms with Crippen molar-refractivity contribution in [3.63, 3.8) is 0 Å². The molecule has 4 aromatic rings. The van der Waals surface area contributed by atoms with Crippen molar-refractivity contribution in [2.24, 2.45) is 0 Å². The molecule has 0 fully saturated rings. The molecule has 1 amide bonds. The minimum absolute atomic E-state index is 0.0602. The van der Waals surface area contributed by atoms with Gasteiger partial charge in [-0.15, -0.1) is 0 Å². The van der Waals surface area contributed by atoms with Crippen molar-refractivity contribution in [3.8, 4) is 17.2 Å². The second-order valence-electron chi connectivity index (χ2n) is 7.74. The van der Waals surface area contributed by atoms with Gasteiger partial charge in [0, 0.05) is 5.69 Å². The minimum atomic E-state index is -4.02. The topological polar surface area (TPSA) is 84.9 Å². The van der Waals surface area contributed by atoms with Crippen molar-refractivity contribution in [1.29, 1.82) is 0 Å². The van der Waals surface area contributed by atoms with Crippen LogP contribution in [0.3, 0.4) is 0 Å². The van der Waals surface area contributed by atoms with Gasteiger partial charge in [-0.05, 0) is 79.7 Å². The Morgan fingerprint density at radius 1 is 0.750 bits per heavy atom. The van der Waals surface area contributed by atoms with Crippen molar-refractivity contribution in [2.75, 3.05) is 22.8 Å². The van der Waals surface area contributed by atoms with Gasteiger partial charge in [0.1, 0.15) is 23.8 Å². The molecule has 0 spiro atoms. The second-order valence-corrected chi connectivity index (χ2v) is 9.60. The first-order valence-electron chi connectivity index (χ1n) is 11.4. The van der Waals surface area contributed by atoms with Crippen LogP contribution >= 0.6 is 0 Å². The average molecular weight is 503 g/mol. The zero-order valence-corrected chi connectivity index (χ0v) is 20.5. The molecule has 184 valence electrons. The maximum Gasteiger partial charge on any atom is 0.264 e. The van der Waals surface area contributed by atoms with Gasteiger partial charge in [-0.3, -0.25) is 9.10 Å². The molecule has 4 rings (SSSR count). The minimum Gasteiger partial charge on any atom is -0.494 e. The summed E-state index contributed by atoms with van der Waals surface area (Å²) in [5.74, 6) is 1.40. The van der Waals surface area contributed by atoms with E-state index in [1.54, 1.807) is 66.7 Å². The zero-order valence-electron chi connectivity index (χ0n) is 19.7. The standard InChI is InChI=1S/C28H26N2O5S/c1-2-34-24-17-19-27(20-18-24)36(32,33)30(23-9-5-3-6-10-23)21-28(31)29-22-13-15-26(16-14-22)35-25-11-7-4-8-12-25/h3-20H,2,21H2,1H3,(H,29,31). The summed E-state index contributed by atoms with van der Waals surface area (Å²) in [6.45, 7) is 1.92.